The van der Waals surface area contributed by atoms with Crippen LogP contribution in [0.4, 0.5) is 0 Å². The van der Waals surface area contributed by atoms with E-state index in [2.05, 4.69) is 6.07 Å². The molecule has 0 amide bonds. The first-order valence-electron chi connectivity index (χ1n) is 6.54. The van der Waals surface area contributed by atoms with Crippen LogP contribution in [-0.4, -0.2) is 6.61 Å². The zero-order chi connectivity index (χ0) is 16.1. The van der Waals surface area contributed by atoms with Crippen LogP contribution < -0.4 is 4.74 Å². The van der Waals surface area contributed by atoms with E-state index >= 15 is 0 Å². The van der Waals surface area contributed by atoms with Gasteiger partial charge in [0.2, 0.25) is 0 Å². The SMILES string of the molecule is CCOc1ccc(C=C(C#N)c2ccc(Cl)cc2Cl)cc1Cl. The van der Waals surface area contributed by atoms with E-state index in [1.54, 1.807) is 36.4 Å². The summed E-state index contributed by atoms with van der Waals surface area (Å²) in [5.41, 5.74) is 1.84. The molecule has 0 aromatic heterocycles. The Bertz CT molecular complexity index is 763. The molecule has 0 aliphatic heterocycles. The first-order valence-corrected chi connectivity index (χ1v) is 7.68. The summed E-state index contributed by atoms with van der Waals surface area (Å²) in [6, 6.07) is 12.5. The zero-order valence-corrected chi connectivity index (χ0v) is 14.0. The van der Waals surface area contributed by atoms with Crippen molar-refractivity contribution in [2.75, 3.05) is 6.61 Å². The van der Waals surface area contributed by atoms with E-state index in [4.69, 9.17) is 39.5 Å². The van der Waals surface area contributed by atoms with Crippen molar-refractivity contribution in [3.05, 3.63) is 62.6 Å². The van der Waals surface area contributed by atoms with Gasteiger partial charge >= 0.3 is 0 Å². The highest BCUT2D eigenvalue weighted by Crippen LogP contribution is 2.30. The largest absolute Gasteiger partial charge is 0.492 e. The van der Waals surface area contributed by atoms with E-state index in [1.807, 2.05) is 13.0 Å². The Hall–Kier alpha value is -1.66. The molecule has 0 spiro atoms. The molecule has 22 heavy (non-hydrogen) atoms. The normalized spacial score (nSPS) is 11.1. The van der Waals surface area contributed by atoms with Gasteiger partial charge in [-0.25, -0.2) is 0 Å². The van der Waals surface area contributed by atoms with Crippen LogP contribution in [0.15, 0.2) is 36.4 Å². The number of nitrogens with zero attached hydrogens (tertiary/aromatic N) is 1. The molecule has 5 heteroatoms. The third-order valence-electron chi connectivity index (χ3n) is 2.91. The summed E-state index contributed by atoms with van der Waals surface area (Å²) in [6.45, 7) is 2.43. The minimum atomic E-state index is 0.428. The maximum absolute atomic E-state index is 9.38. The van der Waals surface area contributed by atoms with E-state index < -0.39 is 0 Å². The van der Waals surface area contributed by atoms with Crippen molar-refractivity contribution in [2.45, 2.75) is 6.92 Å². The van der Waals surface area contributed by atoms with Gasteiger partial charge in [-0.3, -0.25) is 0 Å². The molecule has 0 fully saturated rings. The van der Waals surface area contributed by atoms with Crippen molar-refractivity contribution in [3.8, 4) is 11.8 Å². The van der Waals surface area contributed by atoms with Gasteiger partial charge in [-0.1, -0.05) is 46.9 Å². The van der Waals surface area contributed by atoms with Crippen LogP contribution in [0.2, 0.25) is 15.1 Å². The molecule has 0 radical (unpaired) electrons. The Morgan fingerprint density at radius 2 is 1.91 bits per heavy atom. The number of nitriles is 1. The lowest BCUT2D eigenvalue weighted by Gasteiger charge is -2.07. The number of hydrogen-bond donors (Lipinski definition) is 0. The van der Waals surface area contributed by atoms with Gasteiger partial charge < -0.3 is 4.74 Å². The highest BCUT2D eigenvalue weighted by molar-refractivity contribution is 6.36. The van der Waals surface area contributed by atoms with Crippen LogP contribution in [0.5, 0.6) is 5.75 Å². The fourth-order valence-electron chi connectivity index (χ4n) is 1.92. The number of halogens is 3. The molecule has 0 heterocycles. The molecule has 0 aliphatic carbocycles. The second kappa shape index (κ2) is 7.56. The lowest BCUT2D eigenvalue weighted by atomic mass is 10.0. The average molecular weight is 353 g/mol. The standard InChI is InChI=1S/C17H12Cl3NO/c1-2-22-17-6-3-11(8-16(17)20)7-12(10-21)14-5-4-13(18)9-15(14)19/h3-9H,2H2,1H3. The molecule has 0 atom stereocenters. The van der Waals surface area contributed by atoms with E-state index in [-0.39, 0.29) is 0 Å². The molecule has 2 rings (SSSR count). The van der Waals surface area contributed by atoms with Gasteiger partial charge in [-0.2, -0.15) is 5.26 Å². The molecular weight excluding hydrogens is 341 g/mol. The quantitative estimate of drug-likeness (QED) is 0.491. The molecule has 0 unspecified atom stereocenters. The second-order valence-corrected chi connectivity index (χ2v) is 5.67. The highest BCUT2D eigenvalue weighted by Gasteiger charge is 2.08. The van der Waals surface area contributed by atoms with Crippen molar-refractivity contribution in [1.29, 1.82) is 5.26 Å². The van der Waals surface area contributed by atoms with Crippen molar-refractivity contribution in [3.63, 3.8) is 0 Å². The lowest BCUT2D eigenvalue weighted by molar-refractivity contribution is 0.340. The van der Waals surface area contributed by atoms with E-state index in [0.29, 0.717) is 38.6 Å². The van der Waals surface area contributed by atoms with Crippen LogP contribution in [-0.2, 0) is 0 Å². The molecule has 2 nitrogen and oxygen atoms in total. The van der Waals surface area contributed by atoms with Gasteiger partial charge in [-0.05, 0) is 42.8 Å². The summed E-state index contributed by atoms with van der Waals surface area (Å²) in [5, 5.41) is 10.8. The predicted molar refractivity (Wildman–Crippen MR) is 92.6 cm³/mol. The Labute approximate surface area is 144 Å². The van der Waals surface area contributed by atoms with Crippen molar-refractivity contribution >= 4 is 46.5 Å². The van der Waals surface area contributed by atoms with Crippen LogP contribution in [0.25, 0.3) is 11.6 Å². The lowest BCUT2D eigenvalue weighted by Crippen LogP contribution is -1.92. The molecule has 0 bridgehead atoms. The Morgan fingerprint density at radius 1 is 1.14 bits per heavy atom. The summed E-state index contributed by atoms with van der Waals surface area (Å²) in [7, 11) is 0. The van der Waals surface area contributed by atoms with Gasteiger partial charge in [0.15, 0.2) is 0 Å². The second-order valence-electron chi connectivity index (χ2n) is 4.42. The molecule has 0 aliphatic rings. The third-order valence-corrected chi connectivity index (χ3v) is 3.75. The van der Waals surface area contributed by atoms with Gasteiger partial charge in [0.05, 0.1) is 28.3 Å². The summed E-state index contributed by atoms with van der Waals surface area (Å²) >= 11 is 18.2. The Morgan fingerprint density at radius 3 is 2.50 bits per heavy atom. The predicted octanol–water partition coefficient (Wildman–Crippen LogP) is 6.11. The number of hydrogen-bond acceptors (Lipinski definition) is 2. The Balaban J connectivity index is 2.41. The van der Waals surface area contributed by atoms with Gasteiger partial charge in [0.25, 0.3) is 0 Å². The molecular formula is C17H12Cl3NO. The molecule has 2 aromatic rings. The maximum Gasteiger partial charge on any atom is 0.137 e. The molecule has 2 aromatic carbocycles. The topological polar surface area (TPSA) is 33.0 Å². The number of rotatable bonds is 4. The van der Waals surface area contributed by atoms with E-state index in [0.717, 1.165) is 5.56 Å². The monoisotopic (exact) mass is 351 g/mol. The van der Waals surface area contributed by atoms with Crippen LogP contribution in [0, 0.1) is 11.3 Å². The van der Waals surface area contributed by atoms with Crippen LogP contribution >= 0.6 is 34.8 Å². The summed E-state index contributed by atoms with van der Waals surface area (Å²) < 4.78 is 5.39. The first kappa shape index (κ1) is 16.7. The molecule has 0 N–H and O–H groups in total. The molecule has 0 saturated carbocycles. The zero-order valence-electron chi connectivity index (χ0n) is 11.7. The minimum absolute atomic E-state index is 0.428. The maximum atomic E-state index is 9.38. The van der Waals surface area contributed by atoms with Crippen LogP contribution in [0.1, 0.15) is 18.1 Å². The third kappa shape index (κ3) is 3.96. The first-order chi connectivity index (χ1) is 10.5. The summed E-state index contributed by atoms with van der Waals surface area (Å²) in [4.78, 5) is 0. The van der Waals surface area contributed by atoms with Gasteiger partial charge in [-0.15, -0.1) is 0 Å². The molecule has 112 valence electrons. The average Bonchev–Trinajstić information content (AvgIpc) is 2.48. The Kier molecular flexibility index (Phi) is 5.74. The number of benzene rings is 2. The van der Waals surface area contributed by atoms with Crippen molar-refractivity contribution < 1.29 is 4.74 Å². The van der Waals surface area contributed by atoms with Gasteiger partial charge in [0.1, 0.15) is 5.75 Å². The van der Waals surface area contributed by atoms with Crippen molar-refractivity contribution in [2.24, 2.45) is 0 Å². The van der Waals surface area contributed by atoms with Crippen LogP contribution in [0.3, 0.4) is 0 Å². The minimum Gasteiger partial charge on any atom is -0.492 e. The summed E-state index contributed by atoms with van der Waals surface area (Å²) in [6.07, 6.45) is 1.72. The smallest absolute Gasteiger partial charge is 0.137 e. The van der Waals surface area contributed by atoms with E-state index in [9.17, 15) is 5.26 Å². The van der Waals surface area contributed by atoms with Crippen molar-refractivity contribution in [1.82, 2.24) is 0 Å². The summed E-state index contributed by atoms with van der Waals surface area (Å²) in [5.74, 6) is 0.615. The van der Waals surface area contributed by atoms with Gasteiger partial charge in [0, 0.05) is 10.6 Å². The highest BCUT2D eigenvalue weighted by atomic mass is 35.5. The number of ether oxygens (including phenoxy) is 1. The molecule has 0 saturated heterocycles. The fraction of sp³-hybridized carbons (Fsp3) is 0.118. The fourth-order valence-corrected chi connectivity index (χ4v) is 2.68. The van der Waals surface area contributed by atoms with E-state index in [1.165, 1.54) is 0 Å². The number of allylic oxidation sites excluding steroid dienone is 1.